The number of hydrogen-bond acceptors (Lipinski definition) is 4. The summed E-state index contributed by atoms with van der Waals surface area (Å²) in [4.78, 5) is 20.5. The van der Waals surface area contributed by atoms with Crippen LogP contribution in [0.4, 0.5) is 5.69 Å². The van der Waals surface area contributed by atoms with Crippen LogP contribution in [0.3, 0.4) is 0 Å². The highest BCUT2D eigenvalue weighted by Crippen LogP contribution is 2.24. The lowest BCUT2D eigenvalue weighted by Crippen LogP contribution is -1.98. The van der Waals surface area contributed by atoms with Gasteiger partial charge in [0, 0.05) is 11.1 Å². The van der Waals surface area contributed by atoms with E-state index in [1.165, 1.54) is 19.1 Å². The largest absolute Gasteiger partial charge is 0.298 e. The van der Waals surface area contributed by atoms with Crippen molar-refractivity contribution in [2.45, 2.75) is 6.92 Å². The van der Waals surface area contributed by atoms with E-state index >= 15 is 0 Å². The predicted octanol–water partition coefficient (Wildman–Crippen LogP) is 1.59. The molecule has 0 spiro atoms. The summed E-state index contributed by atoms with van der Waals surface area (Å²) in [6.07, 6.45) is 0.531. The fourth-order valence-corrected chi connectivity index (χ4v) is 1.17. The van der Waals surface area contributed by atoms with Gasteiger partial charge < -0.3 is 0 Å². The molecule has 0 atom stereocenters. The Balaban J connectivity index is 3.56. The van der Waals surface area contributed by atoms with E-state index in [0.29, 0.717) is 6.29 Å². The second-order valence-corrected chi connectivity index (χ2v) is 2.66. The molecule has 0 bridgehead atoms. The average Bonchev–Trinajstić information content (AvgIpc) is 2.16. The third-order valence-electron chi connectivity index (χ3n) is 1.90. The van der Waals surface area contributed by atoms with Gasteiger partial charge in [-0.25, -0.2) is 0 Å². The fourth-order valence-electron chi connectivity index (χ4n) is 1.17. The number of aldehydes is 1. The van der Waals surface area contributed by atoms with Crippen molar-refractivity contribution in [2.24, 2.45) is 0 Å². The van der Waals surface area contributed by atoms with Crippen LogP contribution in [0.1, 0.15) is 21.5 Å². The summed E-state index contributed by atoms with van der Waals surface area (Å²) in [6.45, 7) is 1.45. The third kappa shape index (κ3) is 1.45. The van der Waals surface area contributed by atoms with Crippen molar-refractivity contribution in [1.29, 1.82) is 5.26 Å². The van der Waals surface area contributed by atoms with Gasteiger partial charge in [0.1, 0.15) is 11.6 Å². The van der Waals surface area contributed by atoms with E-state index in [4.69, 9.17) is 5.26 Å². The first-order valence-electron chi connectivity index (χ1n) is 3.75. The molecule has 1 rings (SSSR count). The van der Waals surface area contributed by atoms with Crippen LogP contribution in [-0.4, -0.2) is 11.2 Å². The Morgan fingerprint density at radius 3 is 2.64 bits per heavy atom. The predicted molar refractivity (Wildman–Crippen MR) is 47.9 cm³/mol. The summed E-state index contributed by atoms with van der Waals surface area (Å²) < 4.78 is 0. The molecule has 0 aliphatic heterocycles. The normalized spacial score (nSPS) is 9.14. The van der Waals surface area contributed by atoms with Crippen molar-refractivity contribution in [3.63, 3.8) is 0 Å². The molecule has 0 aliphatic carbocycles. The third-order valence-corrected chi connectivity index (χ3v) is 1.90. The van der Waals surface area contributed by atoms with Crippen LogP contribution in [0.25, 0.3) is 0 Å². The summed E-state index contributed by atoms with van der Waals surface area (Å²) in [7, 11) is 0. The molecule has 0 saturated carbocycles. The van der Waals surface area contributed by atoms with Crippen LogP contribution in [0, 0.1) is 28.4 Å². The summed E-state index contributed by atoms with van der Waals surface area (Å²) in [5.41, 5.74) is 0.134. The molecule has 0 unspecified atom stereocenters. The van der Waals surface area contributed by atoms with Gasteiger partial charge in [-0.05, 0) is 19.1 Å². The van der Waals surface area contributed by atoms with Crippen molar-refractivity contribution in [3.05, 3.63) is 38.9 Å². The molecule has 0 aliphatic rings. The van der Waals surface area contributed by atoms with E-state index in [1.807, 2.05) is 0 Å². The van der Waals surface area contributed by atoms with Gasteiger partial charge in [0.25, 0.3) is 5.69 Å². The number of nitro groups is 1. The summed E-state index contributed by atoms with van der Waals surface area (Å²) in [5, 5.41) is 19.2. The second-order valence-electron chi connectivity index (χ2n) is 2.66. The molecule has 0 aromatic heterocycles. The Kier molecular flexibility index (Phi) is 2.58. The lowest BCUT2D eigenvalue weighted by molar-refractivity contribution is -0.385. The van der Waals surface area contributed by atoms with Gasteiger partial charge >= 0.3 is 0 Å². The molecular weight excluding hydrogens is 184 g/mol. The van der Waals surface area contributed by atoms with E-state index in [-0.39, 0.29) is 22.4 Å². The first-order valence-corrected chi connectivity index (χ1v) is 3.75. The van der Waals surface area contributed by atoms with Gasteiger partial charge in [-0.1, -0.05) is 0 Å². The van der Waals surface area contributed by atoms with Gasteiger partial charge in [0.05, 0.1) is 4.92 Å². The van der Waals surface area contributed by atoms with E-state index in [0.717, 1.165) is 0 Å². The molecule has 0 amide bonds. The van der Waals surface area contributed by atoms with Gasteiger partial charge in [0.15, 0.2) is 6.29 Å². The van der Waals surface area contributed by atoms with E-state index in [1.54, 1.807) is 6.07 Å². The number of carbonyl (C=O) groups is 1. The van der Waals surface area contributed by atoms with E-state index in [2.05, 4.69) is 0 Å². The molecule has 1 aromatic rings. The maximum atomic E-state index is 10.6. The SMILES string of the molecule is Cc1c(C=O)ccc(C#N)c1[N+](=O)[O-]. The highest BCUT2D eigenvalue weighted by Gasteiger charge is 2.19. The molecule has 0 radical (unpaired) electrons. The number of hydrogen-bond donors (Lipinski definition) is 0. The first-order chi connectivity index (χ1) is 6.61. The number of benzene rings is 1. The zero-order valence-electron chi connectivity index (χ0n) is 7.35. The molecule has 5 heteroatoms. The minimum Gasteiger partial charge on any atom is -0.298 e. The Morgan fingerprint density at radius 2 is 2.21 bits per heavy atom. The lowest BCUT2D eigenvalue weighted by Gasteiger charge is -2.00. The fraction of sp³-hybridized carbons (Fsp3) is 0.111. The van der Waals surface area contributed by atoms with Gasteiger partial charge in [0.2, 0.25) is 0 Å². The highest BCUT2D eigenvalue weighted by molar-refractivity contribution is 5.80. The van der Waals surface area contributed by atoms with Crippen molar-refractivity contribution >= 4 is 12.0 Å². The average molecular weight is 190 g/mol. The molecule has 5 nitrogen and oxygen atoms in total. The topological polar surface area (TPSA) is 84.0 Å². The van der Waals surface area contributed by atoms with Crippen molar-refractivity contribution in [3.8, 4) is 6.07 Å². The quantitative estimate of drug-likeness (QED) is 0.402. The molecule has 0 N–H and O–H groups in total. The first kappa shape index (κ1) is 9.86. The van der Waals surface area contributed by atoms with Crippen LogP contribution in [0.2, 0.25) is 0 Å². The van der Waals surface area contributed by atoms with Crippen molar-refractivity contribution in [1.82, 2.24) is 0 Å². The maximum Gasteiger partial charge on any atom is 0.290 e. The zero-order valence-corrected chi connectivity index (χ0v) is 7.35. The van der Waals surface area contributed by atoms with E-state index < -0.39 is 4.92 Å². The monoisotopic (exact) mass is 190 g/mol. The minimum absolute atomic E-state index is 0.0295. The molecule has 14 heavy (non-hydrogen) atoms. The molecule has 0 fully saturated rings. The maximum absolute atomic E-state index is 10.6. The molecule has 70 valence electrons. The van der Waals surface area contributed by atoms with E-state index in [9.17, 15) is 14.9 Å². The summed E-state index contributed by atoms with van der Waals surface area (Å²) in [5.74, 6) is 0. The van der Waals surface area contributed by atoms with Gasteiger partial charge in [-0.3, -0.25) is 14.9 Å². The van der Waals surface area contributed by atoms with Crippen molar-refractivity contribution in [2.75, 3.05) is 0 Å². The van der Waals surface area contributed by atoms with Crippen LogP contribution >= 0.6 is 0 Å². The Labute approximate surface area is 79.7 Å². The lowest BCUT2D eigenvalue weighted by atomic mass is 10.0. The number of rotatable bonds is 2. The Bertz CT molecular complexity index is 446. The second kappa shape index (κ2) is 3.66. The molecular formula is C9H6N2O3. The summed E-state index contributed by atoms with van der Waals surface area (Å²) >= 11 is 0. The smallest absolute Gasteiger partial charge is 0.290 e. The Morgan fingerprint density at radius 1 is 1.57 bits per heavy atom. The molecule has 1 aromatic carbocycles. The number of carbonyl (C=O) groups excluding carboxylic acids is 1. The Hall–Kier alpha value is -2.22. The number of nitrogens with zero attached hydrogens (tertiary/aromatic N) is 2. The van der Waals surface area contributed by atoms with Crippen LogP contribution in [0.5, 0.6) is 0 Å². The number of nitriles is 1. The van der Waals surface area contributed by atoms with Crippen LogP contribution in [-0.2, 0) is 0 Å². The highest BCUT2D eigenvalue weighted by atomic mass is 16.6. The molecule has 0 saturated heterocycles. The molecule has 0 heterocycles. The van der Waals surface area contributed by atoms with Crippen LogP contribution in [0.15, 0.2) is 12.1 Å². The number of nitro benzene ring substituents is 1. The van der Waals surface area contributed by atoms with Gasteiger partial charge in [-0.2, -0.15) is 5.26 Å². The minimum atomic E-state index is -0.652. The summed E-state index contributed by atoms with van der Waals surface area (Å²) in [6, 6.07) is 4.38. The van der Waals surface area contributed by atoms with Crippen molar-refractivity contribution < 1.29 is 9.72 Å². The van der Waals surface area contributed by atoms with Gasteiger partial charge in [-0.15, -0.1) is 0 Å². The standard InChI is InChI=1S/C9H6N2O3/c1-6-8(5-12)3-2-7(4-10)9(6)11(13)14/h2-3,5H,1H3. The van der Waals surface area contributed by atoms with Crippen LogP contribution < -0.4 is 0 Å². The zero-order chi connectivity index (χ0) is 10.7.